The van der Waals surface area contributed by atoms with Crippen molar-refractivity contribution in [3.63, 3.8) is 0 Å². The molecule has 0 aliphatic heterocycles. The van der Waals surface area contributed by atoms with Gasteiger partial charge in [0.15, 0.2) is 0 Å². The fourth-order valence-corrected chi connectivity index (χ4v) is 2.43. The minimum atomic E-state index is -0.181. The van der Waals surface area contributed by atoms with E-state index in [0.717, 1.165) is 12.0 Å². The van der Waals surface area contributed by atoms with Gasteiger partial charge in [0.25, 0.3) is 5.91 Å². The molecule has 5 heteroatoms. The van der Waals surface area contributed by atoms with Crippen molar-refractivity contribution in [1.29, 1.82) is 0 Å². The van der Waals surface area contributed by atoms with Gasteiger partial charge in [0.1, 0.15) is 0 Å². The van der Waals surface area contributed by atoms with Crippen molar-refractivity contribution < 1.29 is 9.59 Å². The standard InChI is InChI=1S/C18H19ClN2O2/c1-3-17(13-7-9-15(19)10-8-13)21-18(23)14-5-4-6-16(11-14)20-12(2)22/h4-11,17H,3H2,1-2H3,(H,20,22)(H,21,23)/t17-/m0/s1. The number of amides is 2. The Labute approximate surface area is 140 Å². The summed E-state index contributed by atoms with van der Waals surface area (Å²) in [5.41, 5.74) is 2.11. The van der Waals surface area contributed by atoms with Crippen LogP contribution in [0.4, 0.5) is 5.69 Å². The molecule has 0 saturated carbocycles. The number of nitrogens with one attached hydrogen (secondary N) is 2. The van der Waals surface area contributed by atoms with Gasteiger partial charge in [-0.3, -0.25) is 9.59 Å². The predicted molar refractivity (Wildman–Crippen MR) is 92.7 cm³/mol. The van der Waals surface area contributed by atoms with Crippen LogP contribution >= 0.6 is 11.6 Å². The highest BCUT2D eigenvalue weighted by molar-refractivity contribution is 6.30. The third-order valence-corrected chi connectivity index (χ3v) is 3.68. The summed E-state index contributed by atoms with van der Waals surface area (Å²) >= 11 is 5.90. The molecule has 0 unspecified atom stereocenters. The molecule has 2 aromatic carbocycles. The number of hydrogen-bond donors (Lipinski definition) is 2. The van der Waals surface area contributed by atoms with Crippen molar-refractivity contribution in [2.75, 3.05) is 5.32 Å². The molecule has 0 heterocycles. The van der Waals surface area contributed by atoms with Crippen LogP contribution in [-0.4, -0.2) is 11.8 Å². The van der Waals surface area contributed by atoms with Crippen LogP contribution in [0.1, 0.15) is 42.2 Å². The van der Waals surface area contributed by atoms with Crippen LogP contribution in [0.5, 0.6) is 0 Å². The molecule has 0 aliphatic carbocycles. The molecule has 1 atom stereocenters. The quantitative estimate of drug-likeness (QED) is 0.864. The molecule has 0 spiro atoms. The minimum Gasteiger partial charge on any atom is -0.345 e. The second kappa shape index (κ2) is 7.79. The number of anilines is 1. The van der Waals surface area contributed by atoms with Gasteiger partial charge in [-0.1, -0.05) is 36.7 Å². The topological polar surface area (TPSA) is 58.2 Å². The molecule has 0 fully saturated rings. The van der Waals surface area contributed by atoms with Crippen LogP contribution in [0.25, 0.3) is 0 Å². The zero-order valence-corrected chi connectivity index (χ0v) is 13.9. The van der Waals surface area contributed by atoms with Crippen molar-refractivity contribution in [1.82, 2.24) is 5.32 Å². The summed E-state index contributed by atoms with van der Waals surface area (Å²) in [6, 6.07) is 14.2. The lowest BCUT2D eigenvalue weighted by molar-refractivity contribution is -0.114. The Hall–Kier alpha value is -2.33. The third-order valence-electron chi connectivity index (χ3n) is 3.43. The lowest BCUT2D eigenvalue weighted by Gasteiger charge is -2.18. The predicted octanol–water partition coefficient (Wildman–Crippen LogP) is 4.18. The first-order chi connectivity index (χ1) is 11.0. The molecule has 2 N–H and O–H groups in total. The monoisotopic (exact) mass is 330 g/mol. The number of halogens is 1. The highest BCUT2D eigenvalue weighted by Gasteiger charge is 2.14. The lowest BCUT2D eigenvalue weighted by atomic mass is 10.0. The summed E-state index contributed by atoms with van der Waals surface area (Å²) in [7, 11) is 0. The van der Waals surface area contributed by atoms with Crippen molar-refractivity contribution >= 4 is 29.1 Å². The molecule has 0 radical (unpaired) electrons. The summed E-state index contributed by atoms with van der Waals surface area (Å²) in [6.07, 6.45) is 0.763. The number of hydrogen-bond acceptors (Lipinski definition) is 2. The van der Waals surface area contributed by atoms with Gasteiger partial charge in [0.05, 0.1) is 6.04 Å². The molecule has 0 saturated heterocycles. The Morgan fingerprint density at radius 1 is 1.13 bits per heavy atom. The highest BCUT2D eigenvalue weighted by atomic mass is 35.5. The minimum absolute atomic E-state index is 0.0933. The zero-order valence-electron chi connectivity index (χ0n) is 13.1. The average Bonchev–Trinajstić information content (AvgIpc) is 2.53. The van der Waals surface area contributed by atoms with E-state index in [2.05, 4.69) is 10.6 Å². The zero-order chi connectivity index (χ0) is 16.8. The second-order valence-corrected chi connectivity index (χ2v) is 5.68. The van der Waals surface area contributed by atoms with Crippen LogP contribution in [0, 0.1) is 0 Å². The molecule has 0 bridgehead atoms. The molecular weight excluding hydrogens is 312 g/mol. The van der Waals surface area contributed by atoms with E-state index >= 15 is 0 Å². The normalized spacial score (nSPS) is 11.6. The third kappa shape index (κ3) is 4.83. The van der Waals surface area contributed by atoms with Gasteiger partial charge in [-0.2, -0.15) is 0 Å². The highest BCUT2D eigenvalue weighted by Crippen LogP contribution is 2.20. The fraction of sp³-hybridized carbons (Fsp3) is 0.222. The smallest absolute Gasteiger partial charge is 0.251 e. The van der Waals surface area contributed by atoms with E-state index in [1.54, 1.807) is 24.3 Å². The van der Waals surface area contributed by atoms with Gasteiger partial charge < -0.3 is 10.6 Å². The molecule has 2 aromatic rings. The fourth-order valence-electron chi connectivity index (χ4n) is 2.30. The Morgan fingerprint density at radius 2 is 1.83 bits per heavy atom. The molecule has 4 nitrogen and oxygen atoms in total. The second-order valence-electron chi connectivity index (χ2n) is 5.25. The van der Waals surface area contributed by atoms with Gasteiger partial charge in [-0.25, -0.2) is 0 Å². The first-order valence-corrected chi connectivity index (χ1v) is 7.81. The van der Waals surface area contributed by atoms with Crippen LogP contribution in [0.3, 0.4) is 0 Å². The number of benzene rings is 2. The maximum atomic E-state index is 12.4. The summed E-state index contributed by atoms with van der Waals surface area (Å²) < 4.78 is 0. The molecule has 0 aromatic heterocycles. The lowest BCUT2D eigenvalue weighted by Crippen LogP contribution is -2.28. The van der Waals surface area contributed by atoms with Gasteiger partial charge in [0.2, 0.25) is 5.91 Å². The number of carbonyl (C=O) groups is 2. The Balaban J connectivity index is 2.13. The van der Waals surface area contributed by atoms with E-state index in [4.69, 9.17) is 11.6 Å². The average molecular weight is 331 g/mol. The number of rotatable bonds is 5. The maximum absolute atomic E-state index is 12.4. The van der Waals surface area contributed by atoms with Crippen LogP contribution < -0.4 is 10.6 Å². The van der Waals surface area contributed by atoms with Crippen LogP contribution in [0.15, 0.2) is 48.5 Å². The summed E-state index contributed by atoms with van der Waals surface area (Å²) in [5, 5.41) is 6.34. The Bertz CT molecular complexity index is 698. The first-order valence-electron chi connectivity index (χ1n) is 7.43. The van der Waals surface area contributed by atoms with E-state index in [1.807, 2.05) is 31.2 Å². The van der Waals surface area contributed by atoms with Gasteiger partial charge in [-0.05, 0) is 42.3 Å². The molecule has 0 aliphatic rings. The summed E-state index contributed by atoms with van der Waals surface area (Å²) in [5.74, 6) is -0.353. The van der Waals surface area contributed by atoms with E-state index in [0.29, 0.717) is 16.3 Å². The molecule has 120 valence electrons. The largest absolute Gasteiger partial charge is 0.345 e. The van der Waals surface area contributed by atoms with E-state index in [-0.39, 0.29) is 17.9 Å². The number of carbonyl (C=O) groups excluding carboxylic acids is 2. The Morgan fingerprint density at radius 3 is 2.43 bits per heavy atom. The van der Waals surface area contributed by atoms with E-state index < -0.39 is 0 Å². The van der Waals surface area contributed by atoms with Gasteiger partial charge in [-0.15, -0.1) is 0 Å². The summed E-state index contributed by atoms with van der Waals surface area (Å²) in [4.78, 5) is 23.6. The molecular formula is C18H19ClN2O2. The van der Waals surface area contributed by atoms with Gasteiger partial charge >= 0.3 is 0 Å². The first kappa shape index (κ1) is 17.0. The SMILES string of the molecule is CC[C@H](NC(=O)c1cccc(NC(C)=O)c1)c1ccc(Cl)cc1. The summed E-state index contributed by atoms with van der Waals surface area (Å²) in [6.45, 7) is 3.44. The van der Waals surface area contributed by atoms with Crippen molar-refractivity contribution in [2.45, 2.75) is 26.3 Å². The van der Waals surface area contributed by atoms with Crippen molar-refractivity contribution in [2.24, 2.45) is 0 Å². The van der Waals surface area contributed by atoms with Crippen molar-refractivity contribution in [3.05, 3.63) is 64.7 Å². The van der Waals surface area contributed by atoms with Crippen molar-refractivity contribution in [3.8, 4) is 0 Å². The van der Waals surface area contributed by atoms with E-state index in [9.17, 15) is 9.59 Å². The Kier molecular flexibility index (Phi) is 5.77. The van der Waals surface area contributed by atoms with E-state index in [1.165, 1.54) is 6.92 Å². The maximum Gasteiger partial charge on any atom is 0.251 e. The molecule has 2 rings (SSSR count). The molecule has 2 amide bonds. The van der Waals surface area contributed by atoms with Crippen LogP contribution in [-0.2, 0) is 4.79 Å². The van der Waals surface area contributed by atoms with Gasteiger partial charge in [0, 0.05) is 23.2 Å². The molecule has 23 heavy (non-hydrogen) atoms. The van der Waals surface area contributed by atoms with Crippen LogP contribution in [0.2, 0.25) is 5.02 Å².